The third-order valence-electron chi connectivity index (χ3n) is 4.68. The fourth-order valence-corrected chi connectivity index (χ4v) is 4.80. The van der Waals surface area contributed by atoms with E-state index in [1.807, 2.05) is 0 Å². The van der Waals surface area contributed by atoms with E-state index in [1.54, 1.807) is 0 Å². The van der Waals surface area contributed by atoms with E-state index in [-0.39, 0.29) is 16.5 Å². The monoisotopic (exact) mass is 502 g/mol. The lowest BCUT2D eigenvalue weighted by atomic mass is 9.85. The molecule has 0 saturated carbocycles. The predicted octanol–water partition coefficient (Wildman–Crippen LogP) is -1.05. The smallest absolute Gasteiger partial charge is 0.432 e. The van der Waals surface area contributed by atoms with Gasteiger partial charge in [-0.3, -0.25) is 14.4 Å². The summed E-state index contributed by atoms with van der Waals surface area (Å²) in [4.78, 5) is 64.3. The van der Waals surface area contributed by atoms with Crippen LogP contribution >= 0.6 is 19.1 Å². The maximum absolute atomic E-state index is 12.9. The van der Waals surface area contributed by atoms with Crippen LogP contribution in [0.15, 0.2) is 27.6 Å². The van der Waals surface area contributed by atoms with Crippen LogP contribution in [0.5, 0.6) is 5.75 Å². The van der Waals surface area contributed by atoms with Gasteiger partial charge in [-0.1, -0.05) is 5.16 Å². The molecular formula is C16H19N6O9PS. The number of rotatable bonds is 7. The van der Waals surface area contributed by atoms with Crippen LogP contribution in [0.2, 0.25) is 0 Å². The lowest BCUT2D eigenvalue weighted by molar-refractivity contribution is -0.152. The number of thiazole rings is 1. The molecule has 0 aliphatic carbocycles. The van der Waals surface area contributed by atoms with Crippen molar-refractivity contribution in [1.29, 1.82) is 0 Å². The molecule has 1 fully saturated rings. The molecule has 0 radical (unpaired) electrons. The van der Waals surface area contributed by atoms with E-state index < -0.39 is 54.6 Å². The number of pyridine rings is 1. The van der Waals surface area contributed by atoms with Crippen LogP contribution in [0.25, 0.3) is 0 Å². The Morgan fingerprint density at radius 2 is 2.09 bits per heavy atom. The maximum Gasteiger partial charge on any atom is 0.432 e. The van der Waals surface area contributed by atoms with E-state index in [0.29, 0.717) is 9.40 Å². The van der Waals surface area contributed by atoms with Gasteiger partial charge in [-0.2, -0.15) is 4.73 Å². The first kappa shape index (κ1) is 24.2. The highest BCUT2D eigenvalue weighted by Gasteiger charge is 2.61. The van der Waals surface area contributed by atoms with Crippen LogP contribution < -0.4 is 16.5 Å². The van der Waals surface area contributed by atoms with Gasteiger partial charge >= 0.3 is 7.75 Å². The lowest BCUT2D eigenvalue weighted by Gasteiger charge is -2.52. The number of aromatic hydroxyl groups is 1. The Hall–Kier alpha value is -3.46. The molecule has 33 heavy (non-hydrogen) atoms. The molecule has 3 heterocycles. The molecule has 1 atom stereocenters. The third kappa shape index (κ3) is 4.68. The van der Waals surface area contributed by atoms with Crippen molar-refractivity contribution in [2.75, 3.05) is 5.73 Å². The van der Waals surface area contributed by atoms with Crippen LogP contribution in [-0.2, 0) is 25.6 Å². The van der Waals surface area contributed by atoms with Gasteiger partial charge < -0.3 is 36.0 Å². The quantitative estimate of drug-likeness (QED) is 0.0879. The molecule has 7 N–H and O–H groups in total. The van der Waals surface area contributed by atoms with Gasteiger partial charge in [0.05, 0.1) is 11.7 Å². The highest BCUT2D eigenvalue weighted by atomic mass is 32.1. The lowest BCUT2D eigenvalue weighted by Crippen LogP contribution is -2.75. The van der Waals surface area contributed by atoms with Crippen molar-refractivity contribution in [2.24, 2.45) is 5.16 Å². The van der Waals surface area contributed by atoms with Gasteiger partial charge in [0.15, 0.2) is 23.2 Å². The normalized spacial score (nSPS) is 18.1. The van der Waals surface area contributed by atoms with Gasteiger partial charge in [0.25, 0.3) is 11.8 Å². The van der Waals surface area contributed by atoms with Crippen molar-refractivity contribution in [2.45, 2.75) is 32.0 Å². The van der Waals surface area contributed by atoms with Crippen molar-refractivity contribution in [3.05, 3.63) is 39.3 Å². The molecule has 0 aromatic carbocycles. The van der Waals surface area contributed by atoms with Gasteiger partial charge in [-0.25, -0.2) is 14.2 Å². The second-order valence-corrected chi connectivity index (χ2v) is 9.68. The molecule has 3 rings (SSSR count). The topological polar surface area (TPSA) is 230 Å². The minimum Gasteiger partial charge on any atom is -0.503 e. The summed E-state index contributed by atoms with van der Waals surface area (Å²) in [6.45, 7) is 2.22. The molecule has 2 aromatic rings. The van der Waals surface area contributed by atoms with Crippen molar-refractivity contribution < 1.29 is 39.1 Å². The van der Waals surface area contributed by atoms with E-state index in [4.69, 9.17) is 10.6 Å². The van der Waals surface area contributed by atoms with Crippen molar-refractivity contribution in [3.63, 3.8) is 0 Å². The summed E-state index contributed by atoms with van der Waals surface area (Å²) >= 11 is 0.988. The van der Waals surface area contributed by atoms with Crippen LogP contribution in [0, 0.1) is 0 Å². The first-order valence-electron chi connectivity index (χ1n) is 8.99. The summed E-state index contributed by atoms with van der Waals surface area (Å²) < 4.78 is 12.3. The van der Waals surface area contributed by atoms with Crippen molar-refractivity contribution in [3.8, 4) is 5.75 Å². The van der Waals surface area contributed by atoms with Gasteiger partial charge in [0.1, 0.15) is 17.4 Å². The summed E-state index contributed by atoms with van der Waals surface area (Å²) in [5.41, 5.74) is 2.86. The second kappa shape index (κ2) is 8.47. The van der Waals surface area contributed by atoms with E-state index in [9.17, 15) is 39.0 Å². The number of hydrogen-bond donors (Lipinski definition) is 6. The minimum absolute atomic E-state index is 0.0153. The van der Waals surface area contributed by atoms with E-state index in [2.05, 4.69) is 15.5 Å². The molecule has 2 amide bonds. The molecule has 1 aliphatic rings. The minimum atomic E-state index is -4.89. The number of anilines is 1. The van der Waals surface area contributed by atoms with Gasteiger partial charge in [-0.05, 0) is 13.8 Å². The first-order chi connectivity index (χ1) is 15.2. The number of oxime groups is 1. The number of nitrogen functional groups attached to an aromatic ring is 1. The number of amides is 2. The second-order valence-electron chi connectivity index (χ2n) is 7.37. The average molecular weight is 502 g/mol. The number of nitrogens with one attached hydrogen (secondary N) is 1. The zero-order valence-corrected chi connectivity index (χ0v) is 18.8. The number of hydrogen-bond acceptors (Lipinski definition) is 11. The summed E-state index contributed by atoms with van der Waals surface area (Å²) in [5, 5.41) is 26.5. The Morgan fingerprint density at radius 3 is 2.64 bits per heavy atom. The Balaban J connectivity index is 1.82. The van der Waals surface area contributed by atoms with E-state index >= 15 is 0 Å². The Morgan fingerprint density at radius 1 is 1.42 bits per heavy atom. The van der Waals surface area contributed by atoms with Crippen LogP contribution in [-0.4, -0.2) is 63.6 Å². The SMILES string of the molecule is CC1(C)[C@H](NC(=O)/C(=N\OCc2cc(=O)c(O)cn2O)c2csc(N)n2)C(=O)N1P(=O)(O)O. The number of aromatic nitrogens is 2. The first-order valence-corrected chi connectivity index (χ1v) is 11.4. The van der Waals surface area contributed by atoms with Crippen LogP contribution in [0.4, 0.5) is 5.13 Å². The number of carbonyl (C=O) groups excluding carboxylic acids is 2. The number of carbonyl (C=O) groups is 2. The fourth-order valence-electron chi connectivity index (χ4n) is 3.09. The predicted molar refractivity (Wildman–Crippen MR) is 112 cm³/mol. The molecule has 0 bridgehead atoms. The Labute approximate surface area is 188 Å². The highest BCUT2D eigenvalue weighted by Crippen LogP contribution is 2.52. The molecular weight excluding hydrogens is 483 g/mol. The van der Waals surface area contributed by atoms with E-state index in [1.165, 1.54) is 19.2 Å². The zero-order valence-electron chi connectivity index (χ0n) is 17.1. The molecule has 17 heteroatoms. The largest absolute Gasteiger partial charge is 0.503 e. The van der Waals surface area contributed by atoms with Crippen LogP contribution in [0.1, 0.15) is 25.2 Å². The molecule has 0 unspecified atom stereocenters. The average Bonchev–Trinajstić information content (AvgIpc) is 3.11. The van der Waals surface area contributed by atoms with Gasteiger partial charge in [0.2, 0.25) is 5.43 Å². The Bertz CT molecular complexity index is 1250. The third-order valence-corrected chi connectivity index (χ3v) is 6.59. The molecule has 2 aromatic heterocycles. The van der Waals surface area contributed by atoms with Gasteiger partial charge in [-0.15, -0.1) is 11.3 Å². The number of nitrogens with zero attached hydrogens (tertiary/aromatic N) is 4. The van der Waals surface area contributed by atoms with Gasteiger partial charge in [0, 0.05) is 11.4 Å². The summed E-state index contributed by atoms with van der Waals surface area (Å²) in [6, 6.07) is -0.393. The summed E-state index contributed by atoms with van der Waals surface area (Å²) in [6.07, 6.45) is 0.747. The Kier molecular flexibility index (Phi) is 6.21. The standard InChI is InChI=1S/C16H19N6O9PS/c1-16(2)12(14(26)22(16)32(28,29)30)19-13(25)11(8-6-33-15(17)18-8)20-31-5-7-3-9(23)10(24)4-21(7)27/h3-4,6,12,24,27H,5H2,1-2H3,(H2,17,18)(H,19,25)(H2,28,29,30)/b20-11-/t12-/m1/s1. The number of nitrogens with two attached hydrogens (primary N) is 1. The van der Waals surface area contributed by atoms with Crippen molar-refractivity contribution in [1.82, 2.24) is 19.7 Å². The summed E-state index contributed by atoms with van der Waals surface area (Å²) in [7, 11) is -4.89. The maximum atomic E-state index is 12.9. The molecule has 15 nitrogen and oxygen atoms in total. The van der Waals surface area contributed by atoms with E-state index in [0.717, 1.165) is 23.6 Å². The molecule has 1 aliphatic heterocycles. The highest BCUT2D eigenvalue weighted by molar-refractivity contribution is 7.50. The number of β-lactam (4-membered cyclic amide) rings is 1. The molecule has 178 valence electrons. The van der Waals surface area contributed by atoms with Crippen LogP contribution in [0.3, 0.4) is 0 Å². The summed E-state index contributed by atoms with van der Waals surface area (Å²) in [5.74, 6) is -2.64. The zero-order chi connectivity index (χ0) is 24.7. The molecule has 1 saturated heterocycles. The fraction of sp³-hybridized carbons (Fsp3) is 0.312. The van der Waals surface area contributed by atoms with Crippen molar-refractivity contribution >= 4 is 41.7 Å². The molecule has 0 spiro atoms.